The number of thiazole rings is 1. The lowest BCUT2D eigenvalue weighted by molar-refractivity contribution is -0.139. The molecule has 0 unspecified atom stereocenters. The Morgan fingerprint density at radius 1 is 1.15 bits per heavy atom. The average Bonchev–Trinajstić information content (AvgIpc) is 3.05. The Balaban J connectivity index is 1.73. The van der Waals surface area contributed by atoms with Gasteiger partial charge in [0, 0.05) is 23.5 Å². The molecule has 134 valence electrons. The van der Waals surface area contributed by atoms with E-state index in [1.807, 2.05) is 0 Å². The van der Waals surface area contributed by atoms with Gasteiger partial charge < -0.3 is 10.6 Å². The van der Waals surface area contributed by atoms with E-state index in [4.69, 9.17) is 0 Å². The van der Waals surface area contributed by atoms with Crippen molar-refractivity contribution in [3.8, 4) is 0 Å². The smallest absolute Gasteiger partial charge is 0.321 e. The number of anilines is 3. The van der Waals surface area contributed by atoms with Crippen LogP contribution in [0, 0.1) is 5.82 Å². The summed E-state index contributed by atoms with van der Waals surface area (Å²) in [4.78, 5) is 24.0. The summed E-state index contributed by atoms with van der Waals surface area (Å²) in [6.07, 6.45) is -1.83. The van der Waals surface area contributed by atoms with Crippen molar-refractivity contribution in [3.05, 3.63) is 59.1 Å². The van der Waals surface area contributed by atoms with E-state index in [2.05, 4.69) is 25.6 Å². The fraction of sp³-hybridized carbons (Fsp3) is 0.0667. The number of nitrogens with one attached hydrogen (secondary N) is 2. The summed E-state index contributed by atoms with van der Waals surface area (Å²) in [5.74, 6) is -1.87. The first-order valence-electron chi connectivity index (χ1n) is 7.00. The van der Waals surface area contributed by atoms with Crippen LogP contribution in [0.15, 0.2) is 42.0 Å². The maximum atomic E-state index is 13.3. The first kappa shape index (κ1) is 17.7. The molecular weight excluding hydrogens is 374 g/mol. The molecule has 26 heavy (non-hydrogen) atoms. The molecule has 0 bridgehead atoms. The van der Waals surface area contributed by atoms with Gasteiger partial charge in [-0.25, -0.2) is 19.3 Å². The van der Waals surface area contributed by atoms with Crippen LogP contribution < -0.4 is 10.6 Å². The SMILES string of the molecule is O=C(Nc1ccc(F)c(C(F)(F)F)c1)c1csc(Nc2ncccn2)n1. The molecule has 0 spiro atoms. The van der Waals surface area contributed by atoms with Crippen LogP contribution in [0.5, 0.6) is 0 Å². The van der Waals surface area contributed by atoms with Crippen molar-refractivity contribution in [2.24, 2.45) is 0 Å². The predicted molar refractivity (Wildman–Crippen MR) is 86.8 cm³/mol. The van der Waals surface area contributed by atoms with Crippen LogP contribution in [0.4, 0.5) is 34.3 Å². The van der Waals surface area contributed by atoms with Crippen LogP contribution in [0.1, 0.15) is 16.1 Å². The van der Waals surface area contributed by atoms with Crippen LogP contribution in [0.2, 0.25) is 0 Å². The number of benzene rings is 1. The highest BCUT2D eigenvalue weighted by Gasteiger charge is 2.34. The molecule has 0 fully saturated rings. The van der Waals surface area contributed by atoms with Crippen LogP contribution in [-0.2, 0) is 6.18 Å². The van der Waals surface area contributed by atoms with E-state index in [0.717, 1.165) is 17.4 Å². The molecule has 2 N–H and O–H groups in total. The third-order valence-electron chi connectivity index (χ3n) is 3.05. The standard InChI is InChI=1S/C15H9F4N5OS/c16-10-3-2-8(6-9(10)15(17,18)19)22-12(25)11-7-26-14(23-11)24-13-20-4-1-5-21-13/h1-7H,(H,22,25)(H,20,21,23,24). The minimum atomic E-state index is -4.86. The fourth-order valence-electron chi connectivity index (χ4n) is 1.91. The van der Waals surface area contributed by atoms with Crippen molar-refractivity contribution >= 4 is 34.0 Å². The zero-order valence-electron chi connectivity index (χ0n) is 12.7. The van der Waals surface area contributed by atoms with Gasteiger partial charge in [0.05, 0.1) is 5.56 Å². The summed E-state index contributed by atoms with van der Waals surface area (Å²) in [5.41, 5.74) is -1.68. The van der Waals surface area contributed by atoms with Gasteiger partial charge in [-0.2, -0.15) is 13.2 Å². The minimum Gasteiger partial charge on any atom is -0.321 e. The molecule has 0 saturated heterocycles. The number of nitrogens with zero attached hydrogens (tertiary/aromatic N) is 3. The Morgan fingerprint density at radius 2 is 1.88 bits per heavy atom. The van der Waals surface area contributed by atoms with Gasteiger partial charge in [-0.05, 0) is 24.3 Å². The number of aromatic nitrogens is 3. The third-order valence-corrected chi connectivity index (χ3v) is 3.81. The van der Waals surface area contributed by atoms with Gasteiger partial charge in [0.25, 0.3) is 5.91 Å². The molecule has 0 atom stereocenters. The second-order valence-corrected chi connectivity index (χ2v) is 5.74. The molecule has 1 amide bonds. The quantitative estimate of drug-likeness (QED) is 0.664. The highest BCUT2D eigenvalue weighted by Crippen LogP contribution is 2.33. The fourth-order valence-corrected chi connectivity index (χ4v) is 2.59. The van der Waals surface area contributed by atoms with Gasteiger partial charge in [0.1, 0.15) is 11.5 Å². The summed E-state index contributed by atoms with van der Waals surface area (Å²) < 4.78 is 51.4. The maximum Gasteiger partial charge on any atom is 0.419 e. The summed E-state index contributed by atoms with van der Waals surface area (Å²) in [6, 6.07) is 3.82. The van der Waals surface area contributed by atoms with Gasteiger partial charge in [0.2, 0.25) is 5.95 Å². The number of hydrogen-bond donors (Lipinski definition) is 2. The van der Waals surface area contributed by atoms with Crippen molar-refractivity contribution in [1.82, 2.24) is 15.0 Å². The van der Waals surface area contributed by atoms with Gasteiger partial charge in [-0.15, -0.1) is 11.3 Å². The second-order valence-electron chi connectivity index (χ2n) is 4.88. The molecule has 0 aliphatic carbocycles. The minimum absolute atomic E-state index is 0.0219. The lowest BCUT2D eigenvalue weighted by Gasteiger charge is -2.10. The number of hydrogen-bond acceptors (Lipinski definition) is 6. The van der Waals surface area contributed by atoms with Gasteiger partial charge in [-0.3, -0.25) is 4.79 Å². The maximum absolute atomic E-state index is 13.3. The van der Waals surface area contributed by atoms with Crippen molar-refractivity contribution in [1.29, 1.82) is 0 Å². The van der Waals surface area contributed by atoms with Crippen LogP contribution >= 0.6 is 11.3 Å². The molecule has 0 aliphatic rings. The Kier molecular flexibility index (Phi) is 4.80. The summed E-state index contributed by atoms with van der Waals surface area (Å²) in [7, 11) is 0. The van der Waals surface area contributed by atoms with E-state index in [1.54, 1.807) is 6.07 Å². The number of carbonyl (C=O) groups is 1. The topological polar surface area (TPSA) is 79.8 Å². The van der Waals surface area contributed by atoms with E-state index in [1.165, 1.54) is 17.8 Å². The van der Waals surface area contributed by atoms with Crippen molar-refractivity contribution in [2.75, 3.05) is 10.6 Å². The second kappa shape index (κ2) is 7.04. The number of alkyl halides is 3. The van der Waals surface area contributed by atoms with E-state index < -0.39 is 23.5 Å². The lowest BCUT2D eigenvalue weighted by Crippen LogP contribution is -2.14. The zero-order chi connectivity index (χ0) is 18.7. The highest BCUT2D eigenvalue weighted by atomic mass is 32.1. The molecule has 3 aromatic rings. The average molecular weight is 383 g/mol. The van der Waals surface area contributed by atoms with Gasteiger partial charge in [-0.1, -0.05) is 0 Å². The number of rotatable bonds is 4. The first-order valence-corrected chi connectivity index (χ1v) is 7.88. The normalized spacial score (nSPS) is 11.2. The third kappa shape index (κ3) is 4.11. The molecule has 11 heteroatoms. The molecule has 0 aliphatic heterocycles. The van der Waals surface area contributed by atoms with Crippen molar-refractivity contribution in [3.63, 3.8) is 0 Å². The molecule has 0 radical (unpaired) electrons. The lowest BCUT2D eigenvalue weighted by atomic mass is 10.2. The predicted octanol–water partition coefficient (Wildman–Crippen LogP) is 4.09. The van der Waals surface area contributed by atoms with Crippen LogP contribution in [-0.4, -0.2) is 20.9 Å². The Hall–Kier alpha value is -3.08. The zero-order valence-corrected chi connectivity index (χ0v) is 13.5. The molecule has 0 saturated carbocycles. The van der Waals surface area contributed by atoms with Gasteiger partial charge in [0.15, 0.2) is 5.13 Å². The van der Waals surface area contributed by atoms with Gasteiger partial charge >= 0.3 is 6.18 Å². The molecular formula is C15H9F4N5OS. The highest BCUT2D eigenvalue weighted by molar-refractivity contribution is 7.14. The van der Waals surface area contributed by atoms with E-state index in [-0.39, 0.29) is 17.3 Å². The van der Waals surface area contributed by atoms with E-state index >= 15 is 0 Å². The molecule has 2 aromatic heterocycles. The van der Waals surface area contributed by atoms with Crippen molar-refractivity contribution in [2.45, 2.75) is 6.18 Å². The summed E-state index contributed by atoms with van der Waals surface area (Å²) >= 11 is 1.09. The van der Waals surface area contributed by atoms with Crippen LogP contribution in [0.25, 0.3) is 0 Å². The number of carbonyl (C=O) groups excluding carboxylic acids is 1. The molecule has 1 aromatic carbocycles. The Morgan fingerprint density at radius 3 is 2.58 bits per heavy atom. The number of halogens is 4. The van der Waals surface area contributed by atoms with Crippen molar-refractivity contribution < 1.29 is 22.4 Å². The Bertz CT molecular complexity index is 929. The molecule has 2 heterocycles. The largest absolute Gasteiger partial charge is 0.419 e. The summed E-state index contributed by atoms with van der Waals surface area (Å²) in [6.45, 7) is 0. The van der Waals surface area contributed by atoms with E-state index in [0.29, 0.717) is 17.3 Å². The number of amides is 1. The monoisotopic (exact) mass is 383 g/mol. The van der Waals surface area contributed by atoms with Crippen LogP contribution in [0.3, 0.4) is 0 Å². The Labute approximate surface area is 147 Å². The molecule has 3 rings (SSSR count). The first-order chi connectivity index (χ1) is 12.3. The summed E-state index contributed by atoms with van der Waals surface area (Å²) in [5, 5.41) is 6.78. The van der Waals surface area contributed by atoms with E-state index in [9.17, 15) is 22.4 Å². The molecule has 6 nitrogen and oxygen atoms in total.